The number of hydrogen-bond donors (Lipinski definition) is 0. The van der Waals surface area contributed by atoms with E-state index in [0.29, 0.717) is 13.1 Å². The minimum absolute atomic E-state index is 0.0178. The van der Waals surface area contributed by atoms with E-state index in [0.717, 1.165) is 12.8 Å². The van der Waals surface area contributed by atoms with Crippen LogP contribution in [0.5, 0.6) is 0 Å². The summed E-state index contributed by atoms with van der Waals surface area (Å²) in [6, 6.07) is 0. The van der Waals surface area contributed by atoms with E-state index in [4.69, 9.17) is 0 Å². The smallest absolute Gasteiger partial charge is 0.305 e. The van der Waals surface area contributed by atoms with Gasteiger partial charge in [0, 0.05) is 30.9 Å². The standard InChI is InChI=1S/C14H24N2O5/c1-4-14(16(19)20,8-7-12(17)21-3)11(2)13(18)15-9-5-6-10-15/h11H,4-10H2,1-3H3/t11-,14+/m1/s1. The summed E-state index contributed by atoms with van der Waals surface area (Å²) in [6.07, 6.45) is 2.06. The molecule has 1 rings (SSSR count). The van der Waals surface area contributed by atoms with Crippen LogP contribution in [0.25, 0.3) is 0 Å². The van der Waals surface area contributed by atoms with Crippen LogP contribution in [0.15, 0.2) is 0 Å². The second-order valence-corrected chi connectivity index (χ2v) is 5.54. The lowest BCUT2D eigenvalue weighted by molar-refractivity contribution is -0.579. The normalized spacial score (nSPS) is 18.9. The number of carbonyl (C=O) groups is 2. The molecule has 1 aliphatic heterocycles. The van der Waals surface area contributed by atoms with Gasteiger partial charge in [-0.25, -0.2) is 0 Å². The average Bonchev–Trinajstić information content (AvgIpc) is 3.00. The molecule has 0 radical (unpaired) electrons. The molecule has 120 valence electrons. The zero-order valence-electron chi connectivity index (χ0n) is 13.0. The number of methoxy groups -OCH3 is 1. The highest BCUT2D eigenvalue weighted by molar-refractivity contribution is 5.80. The highest BCUT2D eigenvalue weighted by atomic mass is 16.6. The van der Waals surface area contributed by atoms with Crippen molar-refractivity contribution in [1.82, 2.24) is 4.90 Å². The van der Waals surface area contributed by atoms with Crippen molar-refractivity contribution >= 4 is 11.9 Å². The second-order valence-electron chi connectivity index (χ2n) is 5.54. The van der Waals surface area contributed by atoms with E-state index in [2.05, 4.69) is 4.74 Å². The first-order valence-electron chi connectivity index (χ1n) is 7.39. The highest BCUT2D eigenvalue weighted by Gasteiger charge is 2.51. The van der Waals surface area contributed by atoms with Gasteiger partial charge in [0.15, 0.2) is 0 Å². The third-order valence-corrected chi connectivity index (χ3v) is 4.56. The summed E-state index contributed by atoms with van der Waals surface area (Å²) in [5.74, 6) is -1.42. The van der Waals surface area contributed by atoms with Crippen LogP contribution in [0, 0.1) is 16.0 Å². The Morgan fingerprint density at radius 3 is 2.38 bits per heavy atom. The van der Waals surface area contributed by atoms with Gasteiger partial charge in [-0.05, 0) is 19.8 Å². The number of esters is 1. The lowest BCUT2D eigenvalue weighted by Crippen LogP contribution is -2.51. The van der Waals surface area contributed by atoms with Crippen LogP contribution in [-0.2, 0) is 14.3 Å². The number of nitro groups is 1. The van der Waals surface area contributed by atoms with Gasteiger partial charge in [0.1, 0.15) is 5.92 Å². The predicted octanol–water partition coefficient (Wildman–Crippen LogP) is 1.62. The molecule has 1 heterocycles. The fraction of sp³-hybridized carbons (Fsp3) is 0.857. The maximum absolute atomic E-state index is 12.5. The van der Waals surface area contributed by atoms with E-state index in [9.17, 15) is 19.7 Å². The molecule has 0 aromatic carbocycles. The minimum atomic E-state index is -1.41. The van der Waals surface area contributed by atoms with Crippen LogP contribution in [0.4, 0.5) is 0 Å². The van der Waals surface area contributed by atoms with Gasteiger partial charge in [-0.1, -0.05) is 6.92 Å². The number of ether oxygens (including phenoxy) is 1. The number of amides is 1. The molecule has 1 aliphatic rings. The molecule has 0 aliphatic carbocycles. The van der Waals surface area contributed by atoms with Crippen molar-refractivity contribution in [2.45, 2.75) is 51.5 Å². The van der Waals surface area contributed by atoms with Gasteiger partial charge in [0.25, 0.3) is 0 Å². The van der Waals surface area contributed by atoms with Crippen LogP contribution >= 0.6 is 0 Å². The zero-order chi connectivity index (χ0) is 16.0. The van der Waals surface area contributed by atoms with Crippen molar-refractivity contribution in [3.8, 4) is 0 Å². The van der Waals surface area contributed by atoms with Crippen molar-refractivity contribution in [3.05, 3.63) is 10.1 Å². The summed E-state index contributed by atoms with van der Waals surface area (Å²) in [5.41, 5.74) is -1.41. The van der Waals surface area contributed by atoms with Crippen molar-refractivity contribution < 1.29 is 19.2 Å². The molecule has 0 bridgehead atoms. The quantitative estimate of drug-likeness (QED) is 0.405. The number of rotatable bonds is 7. The topological polar surface area (TPSA) is 89.8 Å². The SMILES string of the molecule is CC[C@](CCC(=O)OC)([C@H](C)C(=O)N1CCCC1)[N+](=O)[O-]. The van der Waals surface area contributed by atoms with Gasteiger partial charge >= 0.3 is 5.97 Å². The first-order chi connectivity index (χ1) is 9.89. The summed E-state index contributed by atoms with van der Waals surface area (Å²) >= 11 is 0. The van der Waals surface area contributed by atoms with E-state index in [1.165, 1.54) is 7.11 Å². The molecule has 0 saturated carbocycles. The average molecular weight is 300 g/mol. The maximum atomic E-state index is 12.5. The Morgan fingerprint density at radius 2 is 1.95 bits per heavy atom. The Bertz CT molecular complexity index is 406. The predicted molar refractivity (Wildman–Crippen MR) is 76.2 cm³/mol. The Labute approximate surface area is 124 Å². The molecule has 0 aromatic rings. The second kappa shape index (κ2) is 7.38. The molecule has 7 heteroatoms. The van der Waals surface area contributed by atoms with Crippen LogP contribution < -0.4 is 0 Å². The molecule has 7 nitrogen and oxygen atoms in total. The summed E-state index contributed by atoms with van der Waals surface area (Å²) < 4.78 is 4.55. The van der Waals surface area contributed by atoms with Crippen molar-refractivity contribution in [2.75, 3.05) is 20.2 Å². The van der Waals surface area contributed by atoms with Gasteiger partial charge < -0.3 is 9.64 Å². The van der Waals surface area contributed by atoms with Crippen molar-refractivity contribution in [2.24, 2.45) is 5.92 Å². The van der Waals surface area contributed by atoms with Crippen LogP contribution in [0.2, 0.25) is 0 Å². The Hall–Kier alpha value is -1.66. The van der Waals surface area contributed by atoms with E-state index < -0.39 is 22.3 Å². The van der Waals surface area contributed by atoms with Crippen LogP contribution in [0.3, 0.4) is 0 Å². The monoisotopic (exact) mass is 300 g/mol. The van der Waals surface area contributed by atoms with Gasteiger partial charge in [0.05, 0.1) is 13.5 Å². The summed E-state index contributed by atoms with van der Waals surface area (Å²) in [6.45, 7) is 4.62. The number of hydrogen-bond acceptors (Lipinski definition) is 5. The summed E-state index contributed by atoms with van der Waals surface area (Å²) in [7, 11) is 1.25. The molecular formula is C14H24N2O5. The minimum Gasteiger partial charge on any atom is -0.469 e. The third kappa shape index (κ3) is 3.71. The lowest BCUT2D eigenvalue weighted by atomic mass is 9.78. The number of carbonyl (C=O) groups excluding carboxylic acids is 2. The van der Waals surface area contributed by atoms with Gasteiger partial charge in [-0.3, -0.25) is 19.7 Å². The van der Waals surface area contributed by atoms with E-state index in [1.807, 2.05) is 0 Å². The van der Waals surface area contributed by atoms with E-state index in [-0.39, 0.29) is 25.2 Å². The molecule has 1 fully saturated rings. The van der Waals surface area contributed by atoms with Crippen molar-refractivity contribution in [1.29, 1.82) is 0 Å². The Kier molecular flexibility index (Phi) is 6.11. The van der Waals surface area contributed by atoms with E-state index in [1.54, 1.807) is 18.7 Å². The number of likely N-dealkylation sites (tertiary alicyclic amines) is 1. The molecule has 1 saturated heterocycles. The van der Waals surface area contributed by atoms with Gasteiger partial charge in [0.2, 0.25) is 11.4 Å². The molecule has 1 amide bonds. The molecule has 21 heavy (non-hydrogen) atoms. The Morgan fingerprint density at radius 1 is 1.38 bits per heavy atom. The first kappa shape index (κ1) is 17.4. The highest BCUT2D eigenvalue weighted by Crippen LogP contribution is 2.32. The van der Waals surface area contributed by atoms with Crippen LogP contribution in [0.1, 0.15) is 46.0 Å². The van der Waals surface area contributed by atoms with Gasteiger partial charge in [-0.2, -0.15) is 0 Å². The molecule has 0 N–H and O–H groups in total. The first-order valence-corrected chi connectivity index (χ1v) is 7.39. The van der Waals surface area contributed by atoms with E-state index >= 15 is 0 Å². The summed E-state index contributed by atoms with van der Waals surface area (Å²) in [5, 5.41) is 11.6. The summed E-state index contributed by atoms with van der Waals surface area (Å²) in [4.78, 5) is 36.7. The zero-order valence-corrected chi connectivity index (χ0v) is 13.0. The molecule has 0 spiro atoms. The molecule has 0 aromatic heterocycles. The molecule has 0 unspecified atom stereocenters. The maximum Gasteiger partial charge on any atom is 0.305 e. The Balaban J connectivity index is 2.91. The fourth-order valence-corrected chi connectivity index (χ4v) is 2.94. The van der Waals surface area contributed by atoms with Gasteiger partial charge in [-0.15, -0.1) is 0 Å². The largest absolute Gasteiger partial charge is 0.469 e. The number of nitrogens with zero attached hydrogens (tertiary/aromatic N) is 2. The molecule has 2 atom stereocenters. The van der Waals surface area contributed by atoms with Crippen LogP contribution in [-0.4, -0.2) is 47.4 Å². The third-order valence-electron chi connectivity index (χ3n) is 4.56. The fourth-order valence-electron chi connectivity index (χ4n) is 2.94. The molecular weight excluding hydrogens is 276 g/mol. The lowest BCUT2D eigenvalue weighted by Gasteiger charge is -2.31. The van der Waals surface area contributed by atoms with Crippen molar-refractivity contribution in [3.63, 3.8) is 0 Å².